The fraction of sp³-hybridized carbons (Fsp3) is 0. The Morgan fingerprint density at radius 1 is 1.25 bits per heavy atom. The molecule has 0 saturated carbocycles. The highest BCUT2D eigenvalue weighted by Gasteiger charge is 1.27. The van der Waals surface area contributed by atoms with Gasteiger partial charge in [-0.25, -0.2) is 0 Å². The minimum absolute atomic E-state index is 0. The van der Waals surface area contributed by atoms with Crippen molar-refractivity contribution >= 4 is 0 Å². The van der Waals surface area contributed by atoms with Gasteiger partial charge in [0.25, 0.3) is 0 Å². The van der Waals surface area contributed by atoms with Crippen LogP contribution in [0.15, 0.2) is 0 Å². The molecule has 28 valence electrons. The summed E-state index contributed by atoms with van der Waals surface area (Å²) >= 11 is -1.91. The van der Waals surface area contributed by atoms with Crippen molar-refractivity contribution < 1.29 is 28.9 Å². The van der Waals surface area contributed by atoms with Crippen LogP contribution in [0.4, 0.5) is 0 Å². The Labute approximate surface area is 35.6 Å². The molecule has 0 rings (SSSR count). The van der Waals surface area contributed by atoms with Gasteiger partial charge in [0.15, 0.2) is 22.0 Å². The molecule has 0 radical (unpaired) electrons. The Bertz CT molecular complexity index is 6.00. The summed E-state index contributed by atoms with van der Waals surface area (Å²) in [5, 5.41) is 0. The van der Waals surface area contributed by atoms with E-state index in [1.165, 1.54) is 0 Å². The molecule has 4 heavy (non-hydrogen) atoms. The Morgan fingerprint density at radius 3 is 1.25 bits per heavy atom. The van der Waals surface area contributed by atoms with E-state index in [0.717, 1.165) is 0 Å². The third-order valence-corrected chi connectivity index (χ3v) is 0. The maximum Gasteiger partial charge on any atom is 0.198 e. The van der Waals surface area contributed by atoms with Gasteiger partial charge >= 0.3 is 0 Å². The first kappa shape index (κ1) is 8.82. The summed E-state index contributed by atoms with van der Waals surface area (Å²) < 4.78 is 17.0. The number of hydrogen-bond donors (Lipinski definition) is 1. The molecule has 0 heterocycles. The smallest absolute Gasteiger partial charge is 0.198 e. The Kier molecular flexibility index (Phi) is 20.9. The van der Waals surface area contributed by atoms with Gasteiger partial charge in [-0.15, -0.1) is 0 Å². The maximum absolute atomic E-state index is 8.48. The Morgan fingerprint density at radius 2 is 1.25 bits per heavy atom. The molecule has 4 N–H and O–H groups in total. The first-order valence-electron chi connectivity index (χ1n) is 0.309. The van der Waals surface area contributed by atoms with Crippen LogP contribution < -0.4 is 35.1 Å². The quantitative estimate of drug-likeness (QED) is 0.376. The molecular weight excluding hydrogens is 173 g/mol. The van der Waals surface area contributed by atoms with E-state index in [2.05, 4.69) is 0 Å². The van der Waals surface area contributed by atoms with Gasteiger partial charge in [-0.3, -0.25) is 0 Å². The first-order chi connectivity index (χ1) is 1.41. The van der Waals surface area contributed by atoms with E-state index in [9.17, 15) is 0 Å². The van der Waals surface area contributed by atoms with Crippen LogP contribution in [-0.4, -0.2) is 0 Å². The summed E-state index contributed by atoms with van der Waals surface area (Å²) in [4.78, 5) is 0. The highest BCUT2D eigenvalue weighted by atomic mass is 127. The molecule has 0 unspecified atom stereocenters. The molecule has 4 heteroatoms. The monoisotopic (exact) mass is 177 g/mol. The molecule has 0 aromatic carbocycles. The van der Waals surface area contributed by atoms with Crippen LogP contribution in [0, 0.1) is 0 Å². The summed E-state index contributed by atoms with van der Waals surface area (Å²) in [5.74, 6) is 0. The Hall–Kier alpha value is 0.610. The van der Waals surface area contributed by atoms with Gasteiger partial charge in [0.05, 0.1) is 0 Å². The second kappa shape index (κ2) is 9.49. The van der Waals surface area contributed by atoms with Crippen molar-refractivity contribution in [2.24, 2.45) is 0 Å². The summed E-state index contributed by atoms with van der Waals surface area (Å²) in [7, 11) is 0. The topological polar surface area (TPSA) is 82.6 Å². The van der Waals surface area contributed by atoms with Crippen molar-refractivity contribution in [3.63, 3.8) is 0 Å². The van der Waals surface area contributed by atoms with E-state index < -0.39 is 22.0 Å². The van der Waals surface area contributed by atoms with Gasteiger partial charge in [0.1, 0.15) is 0 Å². The van der Waals surface area contributed by atoms with Gasteiger partial charge in [0.2, 0.25) is 0 Å². The molecule has 0 atom stereocenters. The van der Waals surface area contributed by atoms with Crippen LogP contribution in [0.3, 0.4) is 0 Å². The lowest BCUT2D eigenvalue weighted by Crippen LogP contribution is -3.77. The van der Waals surface area contributed by atoms with Gasteiger partial charge in [-0.1, -0.05) is 0 Å². The van der Waals surface area contributed by atoms with Crippen molar-refractivity contribution in [1.82, 2.24) is 6.15 Å². The standard InChI is InChI=1S/IO2.H3N/c2-1-3;/h;1H3/q-1;/p+1. The minimum atomic E-state index is -1.91. The number of rotatable bonds is 0. The van der Waals surface area contributed by atoms with Crippen LogP contribution in [0.25, 0.3) is 0 Å². The number of hydrogen-bond acceptors (Lipinski definition) is 2. The first-order valence-corrected chi connectivity index (χ1v) is 2.07. The highest BCUT2D eigenvalue weighted by molar-refractivity contribution is 2.13. The number of quaternary nitrogens is 1. The zero-order valence-electron chi connectivity index (χ0n) is 2.19. The van der Waals surface area contributed by atoms with Crippen LogP contribution >= 0.6 is 0 Å². The molecule has 0 bridgehead atoms. The third kappa shape index (κ3) is 18.2. The van der Waals surface area contributed by atoms with Crippen LogP contribution in [0.5, 0.6) is 0 Å². The molecule has 0 amide bonds. The van der Waals surface area contributed by atoms with Crippen molar-refractivity contribution in [2.75, 3.05) is 0 Å². The molecule has 3 nitrogen and oxygen atoms in total. The summed E-state index contributed by atoms with van der Waals surface area (Å²) in [6.07, 6.45) is 0. The zero-order chi connectivity index (χ0) is 2.71. The lowest BCUT2D eigenvalue weighted by molar-refractivity contribution is -1.41. The molecule has 0 aromatic heterocycles. The SMILES string of the molecule is [NH4+].[O-][I+][O-]. The Balaban J connectivity index is 0. The normalized spacial score (nSPS) is 4.50. The highest BCUT2D eigenvalue weighted by Crippen LogP contribution is -0.413. The average Bonchev–Trinajstić information content (AvgIpc) is 0.918. The zero-order valence-corrected chi connectivity index (χ0v) is 4.35. The molecular formula is H4INO2. The molecule has 0 fully saturated rings. The average molecular weight is 177 g/mol. The van der Waals surface area contributed by atoms with E-state index in [1.54, 1.807) is 0 Å². The predicted octanol–water partition coefficient (Wildman–Crippen LogP) is -5.00. The van der Waals surface area contributed by atoms with Crippen LogP contribution in [0.1, 0.15) is 0 Å². The molecule has 0 aliphatic rings. The van der Waals surface area contributed by atoms with Crippen molar-refractivity contribution in [3.8, 4) is 0 Å². The third-order valence-electron chi connectivity index (χ3n) is 0. The van der Waals surface area contributed by atoms with Gasteiger partial charge in [0, 0.05) is 0 Å². The molecule has 0 aromatic rings. The van der Waals surface area contributed by atoms with E-state index in [-0.39, 0.29) is 6.15 Å². The second-order valence-electron chi connectivity index (χ2n) is 0.0630. The lowest BCUT2D eigenvalue weighted by atomic mass is 14.0. The van der Waals surface area contributed by atoms with Gasteiger partial charge in [-0.05, 0) is 0 Å². The molecule has 0 saturated heterocycles. The van der Waals surface area contributed by atoms with E-state index >= 15 is 0 Å². The van der Waals surface area contributed by atoms with Crippen molar-refractivity contribution in [1.29, 1.82) is 0 Å². The predicted molar refractivity (Wildman–Crippen MR) is 5.98 cm³/mol. The molecule has 0 aliphatic carbocycles. The van der Waals surface area contributed by atoms with E-state index in [1.807, 2.05) is 0 Å². The minimum Gasteiger partial charge on any atom is -0.599 e. The van der Waals surface area contributed by atoms with Crippen LogP contribution in [0.2, 0.25) is 0 Å². The van der Waals surface area contributed by atoms with Crippen molar-refractivity contribution in [3.05, 3.63) is 0 Å². The fourth-order valence-electron chi connectivity index (χ4n) is 0. The summed E-state index contributed by atoms with van der Waals surface area (Å²) in [6, 6.07) is 0. The van der Waals surface area contributed by atoms with Crippen LogP contribution in [-0.2, 0) is 0 Å². The van der Waals surface area contributed by atoms with E-state index in [4.69, 9.17) is 6.87 Å². The largest absolute Gasteiger partial charge is 0.599 e. The van der Waals surface area contributed by atoms with Gasteiger partial charge < -0.3 is 13.0 Å². The summed E-state index contributed by atoms with van der Waals surface area (Å²) in [6.45, 7) is 0. The molecule has 0 aliphatic heterocycles. The van der Waals surface area contributed by atoms with Gasteiger partial charge in [-0.2, -0.15) is 0 Å². The van der Waals surface area contributed by atoms with Crippen molar-refractivity contribution in [2.45, 2.75) is 0 Å². The second-order valence-corrected chi connectivity index (χ2v) is 0.423. The molecule has 0 spiro atoms. The maximum atomic E-state index is 8.48. The number of halogens is 1. The lowest BCUT2D eigenvalue weighted by Gasteiger charge is -1.67. The fourth-order valence-corrected chi connectivity index (χ4v) is 0. The summed E-state index contributed by atoms with van der Waals surface area (Å²) in [5.41, 5.74) is 0. The van der Waals surface area contributed by atoms with E-state index in [0.29, 0.717) is 0 Å².